The zero-order chi connectivity index (χ0) is 21.9. The lowest BCUT2D eigenvalue weighted by Gasteiger charge is -2.39. The number of aryl methyl sites for hydroxylation is 1. The Morgan fingerprint density at radius 3 is 1.93 bits per heavy atom. The van der Waals surface area contributed by atoms with Crippen molar-refractivity contribution in [3.05, 3.63) is 29.8 Å². The lowest BCUT2D eigenvalue weighted by atomic mass is 10.1. The summed E-state index contributed by atoms with van der Waals surface area (Å²) in [5, 5.41) is 14.8. The lowest BCUT2D eigenvalue weighted by molar-refractivity contribution is -0.159. The van der Waals surface area contributed by atoms with Crippen LogP contribution in [0.25, 0.3) is 0 Å². The Bertz CT molecular complexity index is 678. The number of rotatable bonds is 4. The van der Waals surface area contributed by atoms with E-state index in [4.69, 9.17) is 24.5 Å². The van der Waals surface area contributed by atoms with E-state index in [2.05, 4.69) is 4.90 Å². The van der Waals surface area contributed by atoms with Crippen molar-refractivity contribution in [3.63, 3.8) is 0 Å². The average Bonchev–Trinajstić information content (AvgIpc) is 3.03. The molecule has 2 aliphatic rings. The summed E-state index contributed by atoms with van der Waals surface area (Å²) in [5.74, 6) is -2.77. The molecule has 166 valence electrons. The Balaban J connectivity index is 0.000000469. The molecule has 0 aromatic heterocycles. The van der Waals surface area contributed by atoms with Gasteiger partial charge in [0.25, 0.3) is 5.91 Å². The topological polar surface area (TPSA) is 107 Å². The van der Waals surface area contributed by atoms with Crippen molar-refractivity contribution in [2.75, 3.05) is 32.8 Å². The van der Waals surface area contributed by atoms with Crippen LogP contribution in [0, 0.1) is 6.92 Å². The summed E-state index contributed by atoms with van der Waals surface area (Å²) >= 11 is 0. The fourth-order valence-corrected chi connectivity index (χ4v) is 3.83. The highest BCUT2D eigenvalue weighted by atomic mass is 16.5. The van der Waals surface area contributed by atoms with Gasteiger partial charge in [0.05, 0.1) is 0 Å². The van der Waals surface area contributed by atoms with Gasteiger partial charge in [-0.15, -0.1) is 0 Å². The summed E-state index contributed by atoms with van der Waals surface area (Å²) in [6.45, 7) is 5.90. The highest BCUT2D eigenvalue weighted by Gasteiger charge is 2.26. The second-order valence-electron chi connectivity index (χ2n) is 7.77. The maximum absolute atomic E-state index is 12.4. The lowest BCUT2D eigenvalue weighted by Crippen LogP contribution is -2.52. The van der Waals surface area contributed by atoms with Crippen molar-refractivity contribution in [1.82, 2.24) is 9.80 Å². The van der Waals surface area contributed by atoms with E-state index in [1.807, 2.05) is 36.1 Å². The second-order valence-corrected chi connectivity index (χ2v) is 7.77. The molecule has 0 atom stereocenters. The number of nitrogens with zero attached hydrogens (tertiary/aromatic N) is 2. The van der Waals surface area contributed by atoms with E-state index in [1.54, 1.807) is 0 Å². The molecule has 1 aliphatic carbocycles. The molecule has 0 spiro atoms. The SMILES string of the molecule is Cc1ccc(OCC(=O)N2CCN(C3CCCCCC3)CC2)cc1.O=C(O)C(=O)O. The minimum Gasteiger partial charge on any atom is -0.484 e. The van der Waals surface area contributed by atoms with Crippen LogP contribution in [-0.2, 0) is 14.4 Å². The third-order valence-corrected chi connectivity index (χ3v) is 5.57. The number of carboxylic acid groups (broad SMARTS) is 2. The first-order valence-corrected chi connectivity index (χ1v) is 10.5. The Hall–Kier alpha value is -2.61. The monoisotopic (exact) mass is 420 g/mol. The van der Waals surface area contributed by atoms with Crippen molar-refractivity contribution in [2.24, 2.45) is 0 Å². The highest BCUT2D eigenvalue weighted by molar-refractivity contribution is 6.27. The van der Waals surface area contributed by atoms with Gasteiger partial charge in [-0.2, -0.15) is 0 Å². The van der Waals surface area contributed by atoms with Crippen LogP contribution in [0.4, 0.5) is 0 Å². The van der Waals surface area contributed by atoms with E-state index in [-0.39, 0.29) is 12.5 Å². The van der Waals surface area contributed by atoms with Crippen molar-refractivity contribution >= 4 is 17.8 Å². The molecule has 0 radical (unpaired) electrons. The van der Waals surface area contributed by atoms with Gasteiger partial charge in [0.1, 0.15) is 5.75 Å². The molecule has 0 bridgehead atoms. The van der Waals surface area contributed by atoms with Crippen LogP contribution < -0.4 is 4.74 Å². The number of aliphatic carboxylic acids is 2. The van der Waals surface area contributed by atoms with Crippen molar-refractivity contribution in [3.8, 4) is 5.75 Å². The molecule has 1 aromatic rings. The van der Waals surface area contributed by atoms with E-state index in [1.165, 1.54) is 44.1 Å². The van der Waals surface area contributed by atoms with Gasteiger partial charge in [-0.05, 0) is 31.9 Å². The summed E-state index contributed by atoms with van der Waals surface area (Å²) in [7, 11) is 0. The average molecular weight is 421 g/mol. The van der Waals surface area contributed by atoms with Crippen LogP contribution >= 0.6 is 0 Å². The van der Waals surface area contributed by atoms with Gasteiger partial charge in [-0.1, -0.05) is 43.4 Å². The summed E-state index contributed by atoms with van der Waals surface area (Å²) in [6.07, 6.45) is 8.20. The predicted octanol–water partition coefficient (Wildman–Crippen LogP) is 2.40. The zero-order valence-corrected chi connectivity index (χ0v) is 17.6. The molecule has 2 N–H and O–H groups in total. The van der Waals surface area contributed by atoms with E-state index < -0.39 is 11.9 Å². The Morgan fingerprint density at radius 2 is 1.43 bits per heavy atom. The quantitative estimate of drug-likeness (QED) is 0.569. The number of hydrogen-bond acceptors (Lipinski definition) is 5. The fourth-order valence-electron chi connectivity index (χ4n) is 3.83. The second kappa shape index (κ2) is 12.2. The van der Waals surface area contributed by atoms with Crippen LogP contribution in [0.2, 0.25) is 0 Å². The summed E-state index contributed by atoms with van der Waals surface area (Å²) in [5.41, 5.74) is 1.20. The van der Waals surface area contributed by atoms with E-state index in [0.717, 1.165) is 38.0 Å². The molecule has 1 amide bonds. The Morgan fingerprint density at radius 1 is 0.900 bits per heavy atom. The van der Waals surface area contributed by atoms with E-state index >= 15 is 0 Å². The molecule has 1 saturated carbocycles. The third-order valence-electron chi connectivity index (χ3n) is 5.57. The number of piperazine rings is 1. The van der Waals surface area contributed by atoms with Gasteiger partial charge >= 0.3 is 11.9 Å². The normalized spacial score (nSPS) is 18.0. The molecule has 0 unspecified atom stereocenters. The van der Waals surface area contributed by atoms with Gasteiger partial charge in [-0.25, -0.2) is 9.59 Å². The first kappa shape index (κ1) is 23.7. The van der Waals surface area contributed by atoms with Crippen molar-refractivity contribution < 1.29 is 29.3 Å². The Labute approximate surface area is 177 Å². The van der Waals surface area contributed by atoms with Crippen LogP contribution in [0.15, 0.2) is 24.3 Å². The minimum atomic E-state index is -1.82. The van der Waals surface area contributed by atoms with Gasteiger partial charge < -0.3 is 19.8 Å². The van der Waals surface area contributed by atoms with Crippen LogP contribution in [0.5, 0.6) is 5.75 Å². The number of benzene rings is 1. The van der Waals surface area contributed by atoms with Gasteiger partial charge in [0, 0.05) is 32.2 Å². The van der Waals surface area contributed by atoms with Crippen LogP contribution in [-0.4, -0.2) is 76.7 Å². The van der Waals surface area contributed by atoms with Crippen LogP contribution in [0.1, 0.15) is 44.1 Å². The molecule has 30 heavy (non-hydrogen) atoms. The third kappa shape index (κ3) is 8.02. The molecule has 1 aliphatic heterocycles. The summed E-state index contributed by atoms with van der Waals surface area (Å²) < 4.78 is 5.63. The number of amides is 1. The number of carbonyl (C=O) groups is 3. The molecular weight excluding hydrogens is 388 g/mol. The molecule has 8 heteroatoms. The number of ether oxygens (including phenoxy) is 1. The number of carboxylic acids is 2. The molecule has 3 rings (SSSR count). The van der Waals surface area contributed by atoms with Crippen LogP contribution in [0.3, 0.4) is 0 Å². The van der Waals surface area contributed by atoms with Crippen molar-refractivity contribution in [1.29, 1.82) is 0 Å². The number of carbonyl (C=O) groups excluding carboxylic acids is 1. The largest absolute Gasteiger partial charge is 0.484 e. The van der Waals surface area contributed by atoms with Gasteiger partial charge in [0.15, 0.2) is 6.61 Å². The fraction of sp³-hybridized carbons (Fsp3) is 0.591. The predicted molar refractivity (Wildman–Crippen MR) is 112 cm³/mol. The summed E-state index contributed by atoms with van der Waals surface area (Å²) in [6, 6.07) is 8.60. The maximum atomic E-state index is 12.4. The van der Waals surface area contributed by atoms with Gasteiger partial charge in [0.2, 0.25) is 0 Å². The standard InChI is InChI=1S/C20H30N2O2.C2H2O4/c1-17-8-10-19(11-9-17)24-16-20(23)22-14-12-21(13-15-22)18-6-4-2-3-5-7-18;3-1(4)2(5)6/h8-11,18H,2-7,12-16H2,1H3;(H,3,4)(H,5,6). The smallest absolute Gasteiger partial charge is 0.414 e. The van der Waals surface area contributed by atoms with E-state index in [0.29, 0.717) is 0 Å². The first-order chi connectivity index (χ1) is 14.4. The zero-order valence-electron chi connectivity index (χ0n) is 17.6. The Kier molecular flexibility index (Phi) is 9.60. The molecule has 2 fully saturated rings. The van der Waals surface area contributed by atoms with Gasteiger partial charge in [-0.3, -0.25) is 9.69 Å². The minimum absolute atomic E-state index is 0.107. The van der Waals surface area contributed by atoms with E-state index in [9.17, 15) is 4.79 Å². The molecule has 1 heterocycles. The highest BCUT2D eigenvalue weighted by Crippen LogP contribution is 2.23. The van der Waals surface area contributed by atoms with Crippen molar-refractivity contribution in [2.45, 2.75) is 51.5 Å². The first-order valence-electron chi connectivity index (χ1n) is 10.5. The molecule has 8 nitrogen and oxygen atoms in total. The maximum Gasteiger partial charge on any atom is 0.414 e. The molecule has 1 saturated heterocycles. The molecular formula is C22H32N2O6. The molecule has 1 aromatic carbocycles. The summed E-state index contributed by atoms with van der Waals surface area (Å²) in [4.78, 5) is 35.1. The number of hydrogen-bond donors (Lipinski definition) is 2.